The second-order valence-electron chi connectivity index (χ2n) is 10.2. The standard InChI is InChI=1S/C32H35FN4O4/c1-3-30(38)35-25-15-16-37(19-25)20-29(24-10-9-21(2)27(33)18-24)41-26-13-11-23(12-14-26)32(40)36-28(31(34)39)17-22-7-5-4-6-8-22/h3-14,18,25,28-29H,1,15-17,19-20H2,2H3,(H2,34,39)(H,35,38)(H,36,40). The van der Waals surface area contributed by atoms with Crippen molar-refractivity contribution in [2.75, 3.05) is 19.6 Å². The average molecular weight is 559 g/mol. The first-order valence-corrected chi connectivity index (χ1v) is 13.5. The topological polar surface area (TPSA) is 114 Å². The van der Waals surface area contributed by atoms with Crippen LogP contribution in [0.4, 0.5) is 4.39 Å². The number of ether oxygens (including phenoxy) is 1. The molecule has 0 radical (unpaired) electrons. The minimum absolute atomic E-state index is 0.000168. The van der Waals surface area contributed by atoms with Gasteiger partial charge in [0.25, 0.3) is 5.91 Å². The number of carbonyl (C=O) groups is 3. The summed E-state index contributed by atoms with van der Waals surface area (Å²) in [7, 11) is 0. The van der Waals surface area contributed by atoms with Crippen molar-refractivity contribution in [3.05, 3.63) is 114 Å². The molecule has 8 nitrogen and oxygen atoms in total. The molecular formula is C32H35FN4O4. The second kappa shape index (κ2) is 13.7. The van der Waals surface area contributed by atoms with E-state index < -0.39 is 24.0 Å². The summed E-state index contributed by atoms with van der Waals surface area (Å²) in [5.41, 5.74) is 7.98. The van der Waals surface area contributed by atoms with Gasteiger partial charge in [0.05, 0.1) is 0 Å². The molecule has 214 valence electrons. The fraction of sp³-hybridized carbons (Fsp3) is 0.281. The number of hydrogen-bond donors (Lipinski definition) is 3. The molecule has 0 spiro atoms. The minimum Gasteiger partial charge on any atom is -0.484 e. The van der Waals surface area contributed by atoms with Crippen LogP contribution in [0.5, 0.6) is 5.75 Å². The van der Waals surface area contributed by atoms with Gasteiger partial charge in [-0.1, -0.05) is 49.0 Å². The number of primary amides is 1. The van der Waals surface area contributed by atoms with Gasteiger partial charge in [0, 0.05) is 37.7 Å². The Bertz CT molecular complexity index is 1380. The normalized spacial score (nSPS) is 16.4. The van der Waals surface area contributed by atoms with Crippen molar-refractivity contribution >= 4 is 17.7 Å². The number of halogens is 1. The van der Waals surface area contributed by atoms with E-state index in [2.05, 4.69) is 22.1 Å². The predicted molar refractivity (Wildman–Crippen MR) is 155 cm³/mol. The van der Waals surface area contributed by atoms with Crippen molar-refractivity contribution < 1.29 is 23.5 Å². The Morgan fingerprint density at radius 2 is 1.85 bits per heavy atom. The number of hydrogen-bond acceptors (Lipinski definition) is 5. The third kappa shape index (κ3) is 8.25. The Kier molecular flexibility index (Phi) is 9.86. The van der Waals surface area contributed by atoms with E-state index in [0.29, 0.717) is 35.5 Å². The van der Waals surface area contributed by atoms with Crippen molar-refractivity contribution in [3.63, 3.8) is 0 Å². The molecule has 0 aromatic heterocycles. The van der Waals surface area contributed by atoms with E-state index in [9.17, 15) is 18.8 Å². The Balaban J connectivity index is 1.44. The molecule has 1 saturated heterocycles. The monoisotopic (exact) mass is 558 g/mol. The third-order valence-electron chi connectivity index (χ3n) is 7.12. The van der Waals surface area contributed by atoms with Crippen molar-refractivity contribution in [1.82, 2.24) is 15.5 Å². The largest absolute Gasteiger partial charge is 0.484 e. The Morgan fingerprint density at radius 1 is 1.12 bits per heavy atom. The highest BCUT2D eigenvalue weighted by molar-refractivity contribution is 5.97. The van der Waals surface area contributed by atoms with Crippen LogP contribution in [-0.4, -0.2) is 54.3 Å². The van der Waals surface area contributed by atoms with Crippen LogP contribution in [0.1, 0.15) is 39.6 Å². The summed E-state index contributed by atoms with van der Waals surface area (Å²) >= 11 is 0. The van der Waals surface area contributed by atoms with Crippen LogP contribution in [0.25, 0.3) is 0 Å². The van der Waals surface area contributed by atoms with Crippen LogP contribution in [0, 0.1) is 12.7 Å². The van der Waals surface area contributed by atoms with E-state index in [1.54, 1.807) is 37.3 Å². The summed E-state index contributed by atoms with van der Waals surface area (Å²) in [6, 6.07) is 20.0. The maximum atomic E-state index is 14.5. The van der Waals surface area contributed by atoms with Gasteiger partial charge in [-0.25, -0.2) is 4.39 Å². The van der Waals surface area contributed by atoms with Crippen molar-refractivity contribution in [3.8, 4) is 5.75 Å². The molecule has 1 aliphatic rings. The Morgan fingerprint density at radius 3 is 2.51 bits per heavy atom. The zero-order chi connectivity index (χ0) is 29.4. The lowest BCUT2D eigenvalue weighted by Gasteiger charge is -2.26. The average Bonchev–Trinajstić information content (AvgIpc) is 3.41. The zero-order valence-corrected chi connectivity index (χ0v) is 23.0. The van der Waals surface area contributed by atoms with E-state index in [1.165, 1.54) is 12.1 Å². The number of likely N-dealkylation sites (tertiary alicyclic amines) is 1. The third-order valence-corrected chi connectivity index (χ3v) is 7.12. The number of amides is 3. The minimum atomic E-state index is -0.859. The van der Waals surface area contributed by atoms with E-state index >= 15 is 0 Å². The number of nitrogens with zero attached hydrogens (tertiary/aromatic N) is 1. The van der Waals surface area contributed by atoms with Gasteiger partial charge in [-0.2, -0.15) is 0 Å². The SMILES string of the molecule is C=CC(=O)NC1CCN(CC(Oc2ccc(C(=O)NC(Cc3ccccc3)C(N)=O)cc2)c2ccc(C)c(F)c2)C1. The van der Waals surface area contributed by atoms with Crippen LogP contribution in [0.15, 0.2) is 85.5 Å². The summed E-state index contributed by atoms with van der Waals surface area (Å²) in [5.74, 6) is -1.09. The quantitative estimate of drug-likeness (QED) is 0.295. The first-order valence-electron chi connectivity index (χ1n) is 13.5. The highest BCUT2D eigenvalue weighted by Gasteiger charge is 2.27. The first-order chi connectivity index (χ1) is 19.7. The molecule has 0 aliphatic carbocycles. The molecule has 3 aromatic rings. The smallest absolute Gasteiger partial charge is 0.251 e. The molecule has 1 fully saturated rings. The second-order valence-corrected chi connectivity index (χ2v) is 10.2. The molecule has 41 heavy (non-hydrogen) atoms. The van der Waals surface area contributed by atoms with Gasteiger partial charge < -0.3 is 21.1 Å². The van der Waals surface area contributed by atoms with Crippen molar-refractivity contribution in [2.24, 2.45) is 5.73 Å². The van der Waals surface area contributed by atoms with Crippen LogP contribution in [-0.2, 0) is 16.0 Å². The van der Waals surface area contributed by atoms with Crippen molar-refractivity contribution in [2.45, 2.75) is 38.0 Å². The fourth-order valence-electron chi connectivity index (χ4n) is 4.79. The molecule has 0 saturated carbocycles. The van der Waals surface area contributed by atoms with Gasteiger partial charge in [0.2, 0.25) is 11.8 Å². The van der Waals surface area contributed by atoms with Crippen LogP contribution >= 0.6 is 0 Å². The number of rotatable bonds is 12. The van der Waals surface area contributed by atoms with Gasteiger partial charge in [-0.05, 0) is 66.4 Å². The summed E-state index contributed by atoms with van der Waals surface area (Å²) in [6.45, 7) is 7.07. The molecule has 1 aliphatic heterocycles. The number of benzene rings is 3. The highest BCUT2D eigenvalue weighted by atomic mass is 19.1. The Labute approximate surface area is 239 Å². The molecule has 3 amide bonds. The summed E-state index contributed by atoms with van der Waals surface area (Å²) < 4.78 is 20.8. The maximum absolute atomic E-state index is 14.5. The maximum Gasteiger partial charge on any atom is 0.251 e. The van der Waals surface area contributed by atoms with Gasteiger partial charge in [0.1, 0.15) is 23.7 Å². The van der Waals surface area contributed by atoms with Crippen molar-refractivity contribution in [1.29, 1.82) is 0 Å². The lowest BCUT2D eigenvalue weighted by Crippen LogP contribution is -2.45. The number of nitrogens with two attached hydrogens (primary N) is 1. The molecule has 9 heteroatoms. The molecular weight excluding hydrogens is 523 g/mol. The van der Waals surface area contributed by atoms with E-state index in [-0.39, 0.29) is 24.2 Å². The van der Waals surface area contributed by atoms with Crippen LogP contribution in [0.2, 0.25) is 0 Å². The van der Waals surface area contributed by atoms with E-state index in [0.717, 1.165) is 18.5 Å². The Hall–Kier alpha value is -4.50. The molecule has 0 bridgehead atoms. The number of nitrogens with one attached hydrogen (secondary N) is 2. The van der Waals surface area contributed by atoms with Crippen LogP contribution in [0.3, 0.4) is 0 Å². The highest BCUT2D eigenvalue weighted by Crippen LogP contribution is 2.26. The fourth-order valence-corrected chi connectivity index (χ4v) is 4.79. The predicted octanol–water partition coefficient (Wildman–Crippen LogP) is 3.46. The summed E-state index contributed by atoms with van der Waals surface area (Å²) in [4.78, 5) is 38.8. The number of aryl methyl sites for hydroxylation is 1. The first kappa shape index (κ1) is 29.5. The van der Waals surface area contributed by atoms with Gasteiger partial charge in [0.15, 0.2) is 0 Å². The van der Waals surface area contributed by atoms with E-state index in [1.807, 2.05) is 36.4 Å². The van der Waals surface area contributed by atoms with E-state index in [4.69, 9.17) is 10.5 Å². The van der Waals surface area contributed by atoms with Crippen LogP contribution < -0.4 is 21.1 Å². The summed E-state index contributed by atoms with van der Waals surface area (Å²) in [5, 5.41) is 5.63. The molecule has 3 unspecified atom stereocenters. The molecule has 1 heterocycles. The molecule has 3 aromatic carbocycles. The molecule has 4 N–H and O–H groups in total. The number of carbonyl (C=O) groups excluding carboxylic acids is 3. The zero-order valence-electron chi connectivity index (χ0n) is 23.0. The van der Waals surface area contributed by atoms with Gasteiger partial charge in [-0.3, -0.25) is 19.3 Å². The molecule has 4 rings (SSSR count). The molecule has 3 atom stereocenters. The van der Waals surface area contributed by atoms with Gasteiger partial charge in [-0.15, -0.1) is 0 Å². The lowest BCUT2D eigenvalue weighted by molar-refractivity contribution is -0.120. The lowest BCUT2D eigenvalue weighted by atomic mass is 10.0. The van der Waals surface area contributed by atoms with Gasteiger partial charge >= 0.3 is 0 Å². The summed E-state index contributed by atoms with van der Waals surface area (Å²) in [6.07, 6.45) is 1.83.